The van der Waals surface area contributed by atoms with Crippen molar-refractivity contribution in [2.24, 2.45) is 0 Å². The summed E-state index contributed by atoms with van der Waals surface area (Å²) >= 11 is 0. The van der Waals surface area contributed by atoms with Gasteiger partial charge in [-0.05, 0) is 50.3 Å². The van der Waals surface area contributed by atoms with E-state index in [4.69, 9.17) is 4.98 Å². The standard InChI is InChI=1S/C24H22N8O/c1-13(15-5-8-18(28-12-15)14-3-4-14)32-23-20(19(11-25)31-32)24(33)30-22(29-23)17-7-6-16(17)21-26-9-2-10-27-21/h2,5,8-10,12-14,16-17H,3-4,6-7H2,1H3,(H,29,30,33)/t13-,16+,17+/m1/s1. The molecule has 3 atom stereocenters. The summed E-state index contributed by atoms with van der Waals surface area (Å²) in [6.07, 6.45) is 9.55. The van der Waals surface area contributed by atoms with Crippen molar-refractivity contribution in [2.45, 2.75) is 56.4 Å². The van der Waals surface area contributed by atoms with Gasteiger partial charge in [-0.15, -0.1) is 0 Å². The number of hydrogen-bond acceptors (Lipinski definition) is 7. The average molecular weight is 438 g/mol. The van der Waals surface area contributed by atoms with Gasteiger partial charge in [-0.2, -0.15) is 10.4 Å². The zero-order valence-corrected chi connectivity index (χ0v) is 18.1. The molecule has 6 rings (SSSR count). The van der Waals surface area contributed by atoms with E-state index in [0.717, 1.165) is 29.9 Å². The van der Waals surface area contributed by atoms with Crippen LogP contribution in [0.25, 0.3) is 11.0 Å². The van der Waals surface area contributed by atoms with E-state index in [2.05, 4.69) is 37.2 Å². The van der Waals surface area contributed by atoms with Crippen molar-refractivity contribution >= 4 is 11.0 Å². The second kappa shape index (κ2) is 7.59. The molecule has 33 heavy (non-hydrogen) atoms. The van der Waals surface area contributed by atoms with Crippen molar-refractivity contribution in [2.75, 3.05) is 0 Å². The van der Waals surface area contributed by atoms with E-state index in [1.54, 1.807) is 23.1 Å². The molecule has 1 N–H and O–H groups in total. The Morgan fingerprint density at radius 2 is 1.91 bits per heavy atom. The topological polar surface area (TPSA) is 126 Å². The highest BCUT2D eigenvalue weighted by Gasteiger charge is 2.38. The van der Waals surface area contributed by atoms with Crippen LogP contribution in [0.3, 0.4) is 0 Å². The Morgan fingerprint density at radius 1 is 1.12 bits per heavy atom. The SMILES string of the molecule is C[C@H](c1ccc(C2CC2)nc1)n1nc(C#N)c2c(=O)[nH]c([C@H]3CC[C@@H]3c3ncccn3)nc21. The van der Waals surface area contributed by atoms with Gasteiger partial charge >= 0.3 is 0 Å². The number of aromatic nitrogens is 7. The van der Waals surface area contributed by atoms with E-state index in [1.807, 2.05) is 19.2 Å². The highest BCUT2D eigenvalue weighted by atomic mass is 16.1. The quantitative estimate of drug-likeness (QED) is 0.506. The fourth-order valence-electron chi connectivity index (χ4n) is 4.65. The number of rotatable bonds is 5. The second-order valence-electron chi connectivity index (χ2n) is 8.92. The maximum absolute atomic E-state index is 13.0. The molecule has 0 aromatic carbocycles. The van der Waals surface area contributed by atoms with Crippen molar-refractivity contribution in [3.05, 3.63) is 75.7 Å². The van der Waals surface area contributed by atoms with Crippen LogP contribution in [0.5, 0.6) is 0 Å². The molecule has 4 heterocycles. The van der Waals surface area contributed by atoms with Gasteiger partial charge in [0, 0.05) is 42.0 Å². The number of aromatic amines is 1. The van der Waals surface area contributed by atoms with Gasteiger partial charge in [-0.1, -0.05) is 6.07 Å². The van der Waals surface area contributed by atoms with Gasteiger partial charge in [0.2, 0.25) is 0 Å². The van der Waals surface area contributed by atoms with Gasteiger partial charge in [0.25, 0.3) is 5.56 Å². The summed E-state index contributed by atoms with van der Waals surface area (Å²) in [6, 6.07) is 7.72. The van der Waals surface area contributed by atoms with Gasteiger partial charge in [-0.3, -0.25) is 9.78 Å². The van der Waals surface area contributed by atoms with Crippen LogP contribution >= 0.6 is 0 Å². The molecular formula is C24H22N8O. The summed E-state index contributed by atoms with van der Waals surface area (Å²) in [5, 5.41) is 14.3. The fraction of sp³-hybridized carbons (Fsp3) is 0.375. The van der Waals surface area contributed by atoms with E-state index in [-0.39, 0.29) is 34.5 Å². The fourth-order valence-corrected chi connectivity index (χ4v) is 4.65. The number of fused-ring (bicyclic) bond motifs is 1. The number of nitrogens with one attached hydrogen (secondary N) is 1. The summed E-state index contributed by atoms with van der Waals surface area (Å²) in [5.41, 5.74) is 2.23. The molecule has 2 aliphatic carbocycles. The van der Waals surface area contributed by atoms with Crippen molar-refractivity contribution in [3.8, 4) is 6.07 Å². The van der Waals surface area contributed by atoms with Crippen molar-refractivity contribution in [3.63, 3.8) is 0 Å². The average Bonchev–Trinajstić information content (AvgIpc) is 3.59. The first kappa shape index (κ1) is 19.7. The monoisotopic (exact) mass is 438 g/mol. The molecule has 9 nitrogen and oxygen atoms in total. The molecule has 0 saturated heterocycles. The second-order valence-corrected chi connectivity index (χ2v) is 8.92. The van der Waals surface area contributed by atoms with Gasteiger partial charge in [0.15, 0.2) is 11.3 Å². The maximum atomic E-state index is 13.0. The van der Waals surface area contributed by atoms with Crippen molar-refractivity contribution < 1.29 is 0 Å². The molecule has 4 aromatic heterocycles. The van der Waals surface area contributed by atoms with E-state index in [0.29, 0.717) is 17.4 Å². The van der Waals surface area contributed by atoms with Crippen LogP contribution < -0.4 is 5.56 Å². The number of hydrogen-bond donors (Lipinski definition) is 1. The Morgan fingerprint density at radius 3 is 2.55 bits per heavy atom. The molecular weight excluding hydrogens is 416 g/mol. The summed E-state index contributed by atoms with van der Waals surface area (Å²) in [5.74, 6) is 2.06. The van der Waals surface area contributed by atoms with Gasteiger partial charge in [0.1, 0.15) is 23.1 Å². The molecule has 0 aliphatic heterocycles. The molecule has 0 spiro atoms. The highest BCUT2D eigenvalue weighted by Crippen LogP contribution is 2.46. The van der Waals surface area contributed by atoms with E-state index in [9.17, 15) is 10.1 Å². The van der Waals surface area contributed by atoms with Crippen LogP contribution in [0.1, 0.15) is 85.0 Å². The third kappa shape index (κ3) is 3.30. The first-order valence-electron chi connectivity index (χ1n) is 11.3. The molecule has 4 aromatic rings. The summed E-state index contributed by atoms with van der Waals surface area (Å²) in [4.78, 5) is 34.1. The van der Waals surface area contributed by atoms with Crippen LogP contribution in [0, 0.1) is 11.3 Å². The van der Waals surface area contributed by atoms with E-state index in [1.165, 1.54) is 12.8 Å². The van der Waals surface area contributed by atoms with Gasteiger partial charge in [0.05, 0.1) is 6.04 Å². The molecule has 0 unspecified atom stereocenters. The van der Waals surface area contributed by atoms with Crippen molar-refractivity contribution in [1.29, 1.82) is 5.26 Å². The molecule has 0 amide bonds. The Balaban J connectivity index is 1.41. The third-order valence-corrected chi connectivity index (χ3v) is 6.88. The van der Waals surface area contributed by atoms with Crippen molar-refractivity contribution in [1.82, 2.24) is 34.7 Å². The molecule has 164 valence electrons. The molecule has 2 fully saturated rings. The van der Waals surface area contributed by atoms with Gasteiger partial charge < -0.3 is 4.98 Å². The predicted molar refractivity (Wildman–Crippen MR) is 120 cm³/mol. The minimum absolute atomic E-state index is 0.0215. The number of H-pyrrole nitrogens is 1. The van der Waals surface area contributed by atoms with Gasteiger partial charge in [-0.25, -0.2) is 19.6 Å². The molecule has 9 heteroatoms. The molecule has 2 saturated carbocycles. The lowest BCUT2D eigenvalue weighted by molar-refractivity contribution is 0.319. The molecule has 0 radical (unpaired) electrons. The lowest BCUT2D eigenvalue weighted by Gasteiger charge is -2.34. The lowest BCUT2D eigenvalue weighted by Crippen LogP contribution is -2.28. The first-order valence-corrected chi connectivity index (χ1v) is 11.3. The number of nitrogens with zero attached hydrogens (tertiary/aromatic N) is 7. The van der Waals surface area contributed by atoms with Crippen LogP contribution in [0.2, 0.25) is 0 Å². The normalized spacial score (nSPS) is 20.8. The first-order chi connectivity index (χ1) is 16.1. The number of nitriles is 1. The Bertz CT molecular complexity index is 1430. The van der Waals surface area contributed by atoms with E-state index < -0.39 is 0 Å². The lowest BCUT2D eigenvalue weighted by atomic mass is 9.72. The van der Waals surface area contributed by atoms with Crippen LogP contribution in [0.15, 0.2) is 41.6 Å². The Kier molecular flexibility index (Phi) is 4.54. The zero-order chi connectivity index (χ0) is 22.5. The zero-order valence-electron chi connectivity index (χ0n) is 18.1. The summed E-state index contributed by atoms with van der Waals surface area (Å²) < 4.78 is 1.67. The Labute approximate surface area is 189 Å². The minimum atomic E-state index is -0.341. The largest absolute Gasteiger partial charge is 0.310 e. The number of pyridine rings is 1. The predicted octanol–water partition coefficient (Wildman–Crippen LogP) is 3.32. The highest BCUT2D eigenvalue weighted by molar-refractivity contribution is 5.80. The minimum Gasteiger partial charge on any atom is -0.310 e. The molecule has 0 bridgehead atoms. The van der Waals surface area contributed by atoms with Crippen LogP contribution in [-0.4, -0.2) is 34.7 Å². The van der Waals surface area contributed by atoms with Crippen LogP contribution in [0.4, 0.5) is 0 Å². The van der Waals surface area contributed by atoms with Crippen LogP contribution in [-0.2, 0) is 0 Å². The third-order valence-electron chi connectivity index (χ3n) is 6.88. The Hall–Kier alpha value is -3.93. The maximum Gasteiger partial charge on any atom is 0.263 e. The molecule has 2 aliphatic rings. The summed E-state index contributed by atoms with van der Waals surface area (Å²) in [7, 11) is 0. The smallest absolute Gasteiger partial charge is 0.263 e. The van der Waals surface area contributed by atoms with E-state index >= 15 is 0 Å². The summed E-state index contributed by atoms with van der Waals surface area (Å²) in [6.45, 7) is 1.98.